The van der Waals surface area contributed by atoms with Gasteiger partial charge in [-0.1, -0.05) is 42.5 Å². The van der Waals surface area contributed by atoms with Crippen molar-refractivity contribution in [2.75, 3.05) is 0 Å². The number of rotatable bonds is 1. The second kappa shape index (κ2) is 7.95. The van der Waals surface area contributed by atoms with Gasteiger partial charge < -0.3 is 5.43 Å². The normalized spacial score (nSPS) is 8.64. The van der Waals surface area contributed by atoms with Gasteiger partial charge in [-0.2, -0.15) is 0 Å². The summed E-state index contributed by atoms with van der Waals surface area (Å²) in [7, 11) is 0. The van der Waals surface area contributed by atoms with Crippen molar-refractivity contribution in [1.29, 1.82) is 0 Å². The van der Waals surface area contributed by atoms with Crippen molar-refractivity contribution in [3.05, 3.63) is 35.9 Å². The molecule has 14 heavy (non-hydrogen) atoms. The van der Waals surface area contributed by atoms with Gasteiger partial charge in [-0.3, -0.25) is 4.79 Å². The average Bonchev–Trinajstić information content (AvgIpc) is 2.19. The molecule has 68 valence electrons. The summed E-state index contributed by atoms with van der Waals surface area (Å²) in [6.45, 7) is 0. The van der Waals surface area contributed by atoms with Crippen LogP contribution in [0.5, 0.6) is 0 Å². The number of hydrogen-bond donors (Lipinski definition) is 2. The van der Waals surface area contributed by atoms with Gasteiger partial charge in [0.15, 0.2) is 4.32 Å². The first-order valence-corrected chi connectivity index (χ1v) is 4.74. The quantitative estimate of drug-likeness (QED) is 0.270. The van der Waals surface area contributed by atoms with Crippen molar-refractivity contribution in [2.24, 2.45) is 5.84 Å². The van der Waals surface area contributed by atoms with Crippen LogP contribution in [0.15, 0.2) is 30.3 Å². The van der Waals surface area contributed by atoms with Crippen LogP contribution < -0.4 is 62.7 Å². The Bertz CT molecular complexity index is 318. The summed E-state index contributed by atoms with van der Waals surface area (Å²) in [5, 5.41) is -0.108. The van der Waals surface area contributed by atoms with Crippen molar-refractivity contribution in [3.63, 3.8) is 0 Å². The fraction of sp³-hybridized carbons (Fsp3) is 0. The third kappa shape index (κ3) is 4.99. The van der Waals surface area contributed by atoms with E-state index in [-0.39, 0.29) is 60.8 Å². The van der Waals surface area contributed by atoms with Gasteiger partial charge in [0.1, 0.15) is 0 Å². The number of carbonyl (C=O) groups excluding carboxylic acids is 1. The van der Waals surface area contributed by atoms with E-state index in [1.54, 1.807) is 24.3 Å². The molecule has 6 heteroatoms. The SMILES string of the molecule is NNC(=S)SC(=O)c1ccccc1.[K+]. The van der Waals surface area contributed by atoms with Crippen LogP contribution in [0.2, 0.25) is 0 Å². The van der Waals surface area contributed by atoms with Crippen LogP contribution in [0.1, 0.15) is 10.4 Å². The second-order valence-electron chi connectivity index (χ2n) is 2.19. The molecule has 0 atom stereocenters. The summed E-state index contributed by atoms with van der Waals surface area (Å²) in [6, 6.07) is 8.91. The van der Waals surface area contributed by atoms with E-state index in [1.165, 1.54) is 0 Å². The van der Waals surface area contributed by atoms with E-state index in [0.29, 0.717) is 5.56 Å². The summed E-state index contributed by atoms with van der Waals surface area (Å²) in [5.41, 5.74) is 2.86. The number of carbonyl (C=O) groups is 1. The minimum absolute atomic E-state index is 0. The standard InChI is InChI=1S/C8H8N2OS2.K/c9-10-8(12)13-7(11)6-4-2-1-3-5-6;/h1-5H,9H2,(H,10,12);/q;+1. The Morgan fingerprint density at radius 1 is 1.36 bits per heavy atom. The third-order valence-corrected chi connectivity index (χ3v) is 2.40. The molecule has 1 rings (SSSR count). The monoisotopic (exact) mass is 251 g/mol. The van der Waals surface area contributed by atoms with Gasteiger partial charge in [0.2, 0.25) is 5.12 Å². The molecule has 0 heterocycles. The number of thioether (sulfide) groups is 1. The zero-order valence-electron chi connectivity index (χ0n) is 7.69. The second-order valence-corrected chi connectivity index (χ2v) is 3.84. The fourth-order valence-corrected chi connectivity index (χ4v) is 1.46. The predicted octanol–water partition coefficient (Wildman–Crippen LogP) is -1.69. The van der Waals surface area contributed by atoms with Crippen LogP contribution in [0, 0.1) is 0 Å². The summed E-state index contributed by atoms with van der Waals surface area (Å²) in [5.74, 6) is 5.03. The maximum atomic E-state index is 11.4. The molecule has 0 saturated carbocycles. The Hall–Kier alpha value is 0.726. The maximum absolute atomic E-state index is 11.4. The minimum atomic E-state index is -0.108. The Morgan fingerprint density at radius 3 is 2.43 bits per heavy atom. The molecule has 0 unspecified atom stereocenters. The first-order chi connectivity index (χ1) is 6.24. The van der Waals surface area contributed by atoms with E-state index in [4.69, 9.17) is 18.1 Å². The van der Waals surface area contributed by atoms with Gasteiger partial charge in [0.05, 0.1) is 0 Å². The molecule has 0 bridgehead atoms. The minimum Gasteiger partial charge on any atom is -0.309 e. The fourth-order valence-electron chi connectivity index (χ4n) is 0.747. The predicted molar refractivity (Wildman–Crippen MR) is 58.3 cm³/mol. The molecule has 3 nitrogen and oxygen atoms in total. The van der Waals surface area contributed by atoms with Gasteiger partial charge >= 0.3 is 51.4 Å². The van der Waals surface area contributed by atoms with E-state index >= 15 is 0 Å². The number of thiocarbonyl (C=S) groups is 1. The van der Waals surface area contributed by atoms with Crippen LogP contribution in [-0.2, 0) is 0 Å². The first kappa shape index (κ1) is 14.7. The van der Waals surface area contributed by atoms with E-state index in [0.717, 1.165) is 11.8 Å². The molecule has 0 aliphatic heterocycles. The molecule has 0 amide bonds. The summed E-state index contributed by atoms with van der Waals surface area (Å²) in [6.07, 6.45) is 0. The van der Waals surface area contributed by atoms with Gasteiger partial charge in [-0.25, -0.2) is 5.84 Å². The van der Waals surface area contributed by atoms with E-state index in [1.807, 2.05) is 6.07 Å². The van der Waals surface area contributed by atoms with Crippen LogP contribution in [0.4, 0.5) is 0 Å². The number of hydrazine groups is 1. The van der Waals surface area contributed by atoms with Gasteiger partial charge in [0.25, 0.3) is 0 Å². The number of benzene rings is 1. The molecule has 0 radical (unpaired) electrons. The zero-order valence-corrected chi connectivity index (χ0v) is 12.4. The molecule has 3 N–H and O–H groups in total. The summed E-state index contributed by atoms with van der Waals surface area (Å²) < 4.78 is 0.272. The Kier molecular flexibility index (Phi) is 8.36. The smallest absolute Gasteiger partial charge is 0.309 e. The van der Waals surface area contributed by atoms with Crippen LogP contribution in [-0.4, -0.2) is 9.44 Å². The van der Waals surface area contributed by atoms with Gasteiger partial charge in [-0.05, 0) is 11.8 Å². The third-order valence-electron chi connectivity index (χ3n) is 1.31. The molecule has 0 fully saturated rings. The van der Waals surface area contributed by atoms with Crippen molar-refractivity contribution in [2.45, 2.75) is 0 Å². The molecular formula is C8H8KN2OS2+. The summed E-state index contributed by atoms with van der Waals surface area (Å²) in [4.78, 5) is 11.4. The molecule has 0 aliphatic carbocycles. The van der Waals surface area contributed by atoms with Gasteiger partial charge in [-0.15, -0.1) is 0 Å². The van der Waals surface area contributed by atoms with E-state index < -0.39 is 0 Å². The zero-order chi connectivity index (χ0) is 9.68. The van der Waals surface area contributed by atoms with Crippen LogP contribution >= 0.6 is 24.0 Å². The Labute approximate surface area is 135 Å². The van der Waals surface area contributed by atoms with Crippen LogP contribution in [0.25, 0.3) is 0 Å². The summed E-state index contributed by atoms with van der Waals surface area (Å²) >= 11 is 5.65. The molecule has 0 spiro atoms. The number of nitrogens with one attached hydrogen (secondary N) is 1. The molecule has 0 aliphatic rings. The van der Waals surface area contributed by atoms with Crippen molar-refractivity contribution in [1.82, 2.24) is 5.43 Å². The van der Waals surface area contributed by atoms with E-state index in [2.05, 4.69) is 5.43 Å². The maximum Gasteiger partial charge on any atom is 1.00 e. The molecule has 1 aromatic carbocycles. The van der Waals surface area contributed by atoms with Crippen molar-refractivity contribution >= 4 is 33.4 Å². The number of hydrogen-bond acceptors (Lipinski definition) is 4. The average molecular weight is 251 g/mol. The topological polar surface area (TPSA) is 55.1 Å². The molecule has 0 saturated heterocycles. The molecular weight excluding hydrogens is 243 g/mol. The van der Waals surface area contributed by atoms with Crippen molar-refractivity contribution in [3.8, 4) is 0 Å². The van der Waals surface area contributed by atoms with E-state index in [9.17, 15) is 4.79 Å². The molecule has 0 aromatic heterocycles. The Morgan fingerprint density at radius 2 is 1.93 bits per heavy atom. The Balaban J connectivity index is 0.00000169. The van der Waals surface area contributed by atoms with Crippen LogP contribution in [0.3, 0.4) is 0 Å². The van der Waals surface area contributed by atoms with Gasteiger partial charge in [0, 0.05) is 5.56 Å². The largest absolute Gasteiger partial charge is 1.00 e. The molecule has 1 aromatic rings. The first-order valence-electron chi connectivity index (χ1n) is 3.52. The number of nitrogens with two attached hydrogens (primary N) is 1. The van der Waals surface area contributed by atoms with Crippen molar-refractivity contribution < 1.29 is 56.2 Å².